The lowest BCUT2D eigenvalue weighted by Crippen LogP contribution is -2.32. The summed E-state index contributed by atoms with van der Waals surface area (Å²) in [5, 5.41) is 5.48. The highest BCUT2D eigenvalue weighted by molar-refractivity contribution is 6.05. The Kier molecular flexibility index (Phi) is 10.7. The number of hydrogen-bond donors (Lipinski definition) is 1. The highest BCUT2D eigenvalue weighted by atomic mass is 16.5. The minimum Gasteiger partial charge on any atom is -0.383 e. The molecule has 2 aliphatic rings. The Morgan fingerprint density at radius 1 is 1.02 bits per heavy atom. The SMILES string of the molecule is CC.CC.CC.Cc1cc(N(Cc2ccc3c4c(c(N)nc3c2)COC4)C(=O)c2cnc(C3CC3)nc2)n(C)n1. The lowest BCUT2D eigenvalue weighted by atomic mass is 10.0. The molecular formula is C31H43N7O2. The predicted octanol–water partition coefficient (Wildman–Crippen LogP) is 6.48. The molecular weight excluding hydrogens is 502 g/mol. The normalized spacial score (nSPS) is 13.2. The van der Waals surface area contributed by atoms with Crippen LogP contribution in [-0.2, 0) is 31.5 Å². The number of pyridine rings is 1. The van der Waals surface area contributed by atoms with Crippen molar-refractivity contribution in [1.29, 1.82) is 0 Å². The number of hydrogen-bond acceptors (Lipinski definition) is 7. The maximum absolute atomic E-state index is 13.6. The van der Waals surface area contributed by atoms with Crippen LogP contribution >= 0.6 is 0 Å². The molecule has 9 nitrogen and oxygen atoms in total. The fraction of sp³-hybridized carbons (Fsp3) is 0.452. The van der Waals surface area contributed by atoms with Gasteiger partial charge < -0.3 is 10.5 Å². The molecule has 0 saturated heterocycles. The van der Waals surface area contributed by atoms with Crippen LogP contribution in [0.15, 0.2) is 36.7 Å². The summed E-state index contributed by atoms with van der Waals surface area (Å²) in [6.07, 6.45) is 5.49. The quantitative estimate of drug-likeness (QED) is 0.305. The molecule has 1 aliphatic heterocycles. The Labute approximate surface area is 237 Å². The molecule has 0 atom stereocenters. The van der Waals surface area contributed by atoms with E-state index in [0.717, 1.165) is 52.0 Å². The van der Waals surface area contributed by atoms with Gasteiger partial charge in [0.2, 0.25) is 0 Å². The summed E-state index contributed by atoms with van der Waals surface area (Å²) in [6.45, 7) is 15.3. The van der Waals surface area contributed by atoms with Gasteiger partial charge in [0.25, 0.3) is 5.91 Å². The minimum absolute atomic E-state index is 0.180. The summed E-state index contributed by atoms with van der Waals surface area (Å²) in [4.78, 5) is 28.8. The molecule has 214 valence electrons. The summed E-state index contributed by atoms with van der Waals surface area (Å²) in [6, 6.07) is 7.95. The van der Waals surface area contributed by atoms with Crippen LogP contribution in [0.5, 0.6) is 0 Å². The highest BCUT2D eigenvalue weighted by Crippen LogP contribution is 2.37. The fourth-order valence-electron chi connectivity index (χ4n) is 4.56. The Hall–Kier alpha value is -3.85. The zero-order valence-corrected chi connectivity index (χ0v) is 25.2. The molecule has 0 spiro atoms. The van der Waals surface area contributed by atoms with Gasteiger partial charge in [-0.1, -0.05) is 53.7 Å². The van der Waals surface area contributed by atoms with E-state index in [4.69, 9.17) is 10.5 Å². The maximum Gasteiger partial charge on any atom is 0.262 e. The van der Waals surface area contributed by atoms with Crippen molar-refractivity contribution in [2.24, 2.45) is 7.05 Å². The predicted molar refractivity (Wildman–Crippen MR) is 161 cm³/mol. The van der Waals surface area contributed by atoms with Gasteiger partial charge in [-0.15, -0.1) is 0 Å². The molecule has 0 radical (unpaired) electrons. The second-order valence-electron chi connectivity index (χ2n) is 9.06. The topological polar surface area (TPSA) is 112 Å². The molecule has 1 fully saturated rings. The van der Waals surface area contributed by atoms with Crippen LogP contribution in [0.4, 0.5) is 11.6 Å². The van der Waals surface area contributed by atoms with Crippen molar-refractivity contribution < 1.29 is 9.53 Å². The van der Waals surface area contributed by atoms with E-state index in [-0.39, 0.29) is 5.91 Å². The summed E-state index contributed by atoms with van der Waals surface area (Å²) in [7, 11) is 1.83. The van der Waals surface area contributed by atoms with Crippen molar-refractivity contribution >= 4 is 28.4 Å². The first-order chi connectivity index (χ1) is 19.5. The van der Waals surface area contributed by atoms with Gasteiger partial charge in [-0.2, -0.15) is 5.10 Å². The van der Waals surface area contributed by atoms with Gasteiger partial charge in [0.1, 0.15) is 17.5 Å². The standard InChI is InChI=1S/C25H25N7O2.3C2H6/c1-14-7-22(31(2)30-14)32(25(33)17-9-27-24(28-10-17)16-4-5-16)11-15-3-6-18-19-12-34-13-20(19)23(26)29-21(18)8-15;3*1-2/h3,6-10,16H,4-5,11-13H2,1-2H3,(H2,26,29);3*1-2H3. The van der Waals surface area contributed by atoms with E-state index in [1.165, 1.54) is 0 Å². The molecule has 0 bridgehead atoms. The molecule has 4 heterocycles. The van der Waals surface area contributed by atoms with Gasteiger partial charge >= 0.3 is 0 Å². The third-order valence-corrected chi connectivity index (χ3v) is 6.50. The Bertz CT molecular complexity index is 1430. The second-order valence-corrected chi connectivity index (χ2v) is 9.06. The number of rotatable bonds is 5. The molecule has 4 aromatic rings. The van der Waals surface area contributed by atoms with Crippen LogP contribution in [0, 0.1) is 6.92 Å². The first-order valence-corrected chi connectivity index (χ1v) is 14.4. The first-order valence-electron chi connectivity index (χ1n) is 14.4. The van der Waals surface area contributed by atoms with Crippen LogP contribution in [-0.4, -0.2) is 30.6 Å². The molecule has 1 amide bonds. The summed E-state index contributed by atoms with van der Waals surface area (Å²) in [5.74, 6) is 2.27. The van der Waals surface area contributed by atoms with Crippen LogP contribution < -0.4 is 10.6 Å². The van der Waals surface area contributed by atoms with E-state index in [2.05, 4.69) is 20.1 Å². The van der Waals surface area contributed by atoms with Gasteiger partial charge in [-0.05, 0) is 37.0 Å². The zero-order chi connectivity index (χ0) is 29.4. The number of nitrogens with two attached hydrogens (primary N) is 1. The van der Waals surface area contributed by atoms with Crippen molar-refractivity contribution in [3.8, 4) is 0 Å². The molecule has 1 aromatic carbocycles. The number of aromatic nitrogens is 5. The first kappa shape index (κ1) is 30.7. The summed E-state index contributed by atoms with van der Waals surface area (Å²) in [5.41, 5.74) is 11.3. The number of nitrogens with zero attached hydrogens (tertiary/aromatic N) is 6. The number of aryl methyl sites for hydroxylation is 2. The van der Waals surface area contributed by atoms with Crippen molar-refractivity contribution in [1.82, 2.24) is 24.7 Å². The fourth-order valence-corrected chi connectivity index (χ4v) is 4.56. The van der Waals surface area contributed by atoms with Crippen LogP contribution in [0.1, 0.15) is 98.9 Å². The Balaban J connectivity index is 0.000000691. The molecule has 1 aliphatic carbocycles. The smallest absolute Gasteiger partial charge is 0.262 e. The average molecular weight is 546 g/mol. The summed E-state index contributed by atoms with van der Waals surface area (Å²) >= 11 is 0. The molecule has 3 aromatic heterocycles. The number of nitrogen functional groups attached to an aromatic ring is 1. The number of benzene rings is 1. The highest BCUT2D eigenvalue weighted by Gasteiger charge is 2.28. The van der Waals surface area contributed by atoms with Crippen molar-refractivity contribution in [2.45, 2.75) is 87.0 Å². The summed E-state index contributed by atoms with van der Waals surface area (Å²) < 4.78 is 7.30. The Morgan fingerprint density at radius 3 is 2.27 bits per heavy atom. The van der Waals surface area contributed by atoms with E-state index in [9.17, 15) is 4.79 Å². The van der Waals surface area contributed by atoms with E-state index in [0.29, 0.717) is 42.9 Å². The Morgan fingerprint density at radius 2 is 1.68 bits per heavy atom. The van der Waals surface area contributed by atoms with Crippen molar-refractivity contribution in [3.05, 3.63) is 70.4 Å². The van der Waals surface area contributed by atoms with Gasteiger partial charge in [0, 0.05) is 42.4 Å². The van der Waals surface area contributed by atoms with Crippen molar-refractivity contribution in [2.75, 3.05) is 10.6 Å². The van der Waals surface area contributed by atoms with E-state index >= 15 is 0 Å². The van der Waals surface area contributed by atoms with Crippen LogP contribution in [0.2, 0.25) is 0 Å². The third kappa shape index (κ3) is 6.47. The minimum atomic E-state index is -0.180. The molecule has 40 heavy (non-hydrogen) atoms. The maximum atomic E-state index is 13.6. The number of fused-ring (bicyclic) bond motifs is 3. The van der Waals surface area contributed by atoms with Gasteiger partial charge in [-0.3, -0.25) is 14.4 Å². The van der Waals surface area contributed by atoms with Crippen LogP contribution in [0.3, 0.4) is 0 Å². The van der Waals surface area contributed by atoms with E-state index in [1.54, 1.807) is 22.0 Å². The lowest BCUT2D eigenvalue weighted by molar-refractivity contribution is 0.0982. The number of carbonyl (C=O) groups excluding carboxylic acids is 1. The number of ether oxygens (including phenoxy) is 1. The number of amides is 1. The van der Waals surface area contributed by atoms with Crippen molar-refractivity contribution in [3.63, 3.8) is 0 Å². The van der Waals surface area contributed by atoms with Gasteiger partial charge in [0.05, 0.1) is 36.5 Å². The molecule has 1 saturated carbocycles. The third-order valence-electron chi connectivity index (χ3n) is 6.50. The lowest BCUT2D eigenvalue weighted by Gasteiger charge is -2.23. The zero-order valence-electron chi connectivity index (χ0n) is 25.2. The second kappa shape index (κ2) is 14.0. The van der Waals surface area contributed by atoms with Crippen LogP contribution in [0.25, 0.3) is 10.9 Å². The van der Waals surface area contributed by atoms with Gasteiger partial charge in [-0.25, -0.2) is 15.0 Å². The van der Waals surface area contributed by atoms with E-state index in [1.807, 2.05) is 79.8 Å². The molecule has 0 unspecified atom stereocenters. The number of carbonyl (C=O) groups is 1. The van der Waals surface area contributed by atoms with E-state index < -0.39 is 0 Å². The van der Waals surface area contributed by atoms with Gasteiger partial charge in [0.15, 0.2) is 0 Å². The monoisotopic (exact) mass is 545 g/mol. The molecule has 2 N–H and O–H groups in total. The molecule has 9 heteroatoms. The largest absolute Gasteiger partial charge is 0.383 e. The molecule has 6 rings (SSSR count). The number of anilines is 2. The average Bonchev–Trinajstić information content (AvgIpc) is 3.62.